The van der Waals surface area contributed by atoms with Crippen molar-refractivity contribution in [2.75, 3.05) is 23.3 Å². The third-order valence-corrected chi connectivity index (χ3v) is 8.29. The lowest BCUT2D eigenvalue weighted by Gasteiger charge is -2.26. The molecule has 2 aliphatic rings. The van der Waals surface area contributed by atoms with E-state index in [4.69, 9.17) is 5.11 Å². The van der Waals surface area contributed by atoms with Crippen LogP contribution in [0.2, 0.25) is 0 Å². The minimum Gasteiger partial charge on any atom is -0.481 e. The maximum Gasteiger partial charge on any atom is 0.406 e. The molecule has 0 saturated heterocycles. The van der Waals surface area contributed by atoms with E-state index in [-0.39, 0.29) is 41.2 Å². The fraction of sp³-hybridized carbons (Fsp3) is 0.324. The van der Waals surface area contributed by atoms with Gasteiger partial charge in [0, 0.05) is 17.8 Å². The van der Waals surface area contributed by atoms with Crippen LogP contribution in [0.25, 0.3) is 0 Å². The molecule has 13 heteroatoms. The van der Waals surface area contributed by atoms with Crippen molar-refractivity contribution >= 4 is 41.1 Å². The van der Waals surface area contributed by atoms with Crippen LogP contribution in [0, 0.1) is 0 Å². The summed E-state index contributed by atoms with van der Waals surface area (Å²) in [4.78, 5) is 64.1. The van der Waals surface area contributed by atoms with Crippen LogP contribution in [-0.2, 0) is 11.3 Å². The zero-order valence-corrected chi connectivity index (χ0v) is 25.3. The molecule has 1 aliphatic heterocycles. The molecule has 1 fully saturated rings. The predicted octanol–water partition coefficient (Wildman–Crippen LogP) is 6.34. The number of alkyl halides is 3. The molecular formula is C34H33F3N4O6. The molecule has 0 unspecified atom stereocenters. The Hall–Kier alpha value is -5.20. The van der Waals surface area contributed by atoms with E-state index >= 15 is 0 Å². The summed E-state index contributed by atoms with van der Waals surface area (Å²) in [6.45, 7) is -1.77. The number of carbonyl (C=O) groups excluding carboxylic acids is 4. The second kappa shape index (κ2) is 14.1. The van der Waals surface area contributed by atoms with Gasteiger partial charge in [-0.1, -0.05) is 49.6 Å². The third kappa shape index (κ3) is 7.97. The van der Waals surface area contributed by atoms with Gasteiger partial charge in [0.2, 0.25) is 0 Å². The van der Waals surface area contributed by atoms with Crippen LogP contribution in [0.15, 0.2) is 66.7 Å². The lowest BCUT2D eigenvalue weighted by atomic mass is 9.84. The third-order valence-electron chi connectivity index (χ3n) is 8.29. The fourth-order valence-electron chi connectivity index (χ4n) is 5.92. The Kier molecular flexibility index (Phi) is 9.92. The molecule has 0 radical (unpaired) electrons. The van der Waals surface area contributed by atoms with Gasteiger partial charge in [-0.15, -0.1) is 0 Å². The number of imide groups is 1. The van der Waals surface area contributed by atoms with Crippen LogP contribution in [0.3, 0.4) is 0 Å². The Labute approximate surface area is 268 Å². The monoisotopic (exact) mass is 650 g/mol. The minimum absolute atomic E-state index is 0.0115. The number of carboxylic acids is 1. The van der Waals surface area contributed by atoms with E-state index in [1.807, 2.05) is 24.3 Å². The van der Waals surface area contributed by atoms with Crippen molar-refractivity contribution in [3.63, 3.8) is 0 Å². The maximum atomic E-state index is 13.9. The molecule has 5 amide bonds. The van der Waals surface area contributed by atoms with Crippen molar-refractivity contribution in [1.82, 2.24) is 10.2 Å². The summed E-state index contributed by atoms with van der Waals surface area (Å²) in [7, 11) is 0. The van der Waals surface area contributed by atoms with E-state index in [9.17, 15) is 37.1 Å². The molecule has 3 aromatic rings. The molecule has 1 heterocycles. The standard InChI is InChI=1S/C34H33F3N4O6/c35-34(36,37)20-41-31(45)26-7-4-8-27(29(26)32(41)46)39-33(47)40(25-15-13-23(14-16-25)22-5-2-1-3-6-22)19-21-9-11-24(12-10-21)30(44)38-18-17-28(42)43/h4,7-16,22H,1-3,5-6,17-20H2,(H,38,44)(H,39,47)(H,42,43). The largest absolute Gasteiger partial charge is 0.481 e. The van der Waals surface area contributed by atoms with Crippen molar-refractivity contribution in [3.05, 3.63) is 94.5 Å². The number of nitrogens with zero attached hydrogens (tertiary/aromatic N) is 2. The van der Waals surface area contributed by atoms with E-state index in [0.717, 1.165) is 31.2 Å². The number of halogens is 3. The Morgan fingerprint density at radius 2 is 1.57 bits per heavy atom. The van der Waals surface area contributed by atoms with Crippen molar-refractivity contribution in [2.24, 2.45) is 0 Å². The summed E-state index contributed by atoms with van der Waals surface area (Å²) < 4.78 is 39.4. The van der Waals surface area contributed by atoms with E-state index in [1.165, 1.54) is 41.7 Å². The van der Waals surface area contributed by atoms with Crippen LogP contribution in [0.5, 0.6) is 0 Å². The van der Waals surface area contributed by atoms with Crippen LogP contribution in [0.1, 0.15) is 86.6 Å². The molecule has 3 aromatic carbocycles. The Morgan fingerprint density at radius 1 is 0.894 bits per heavy atom. The SMILES string of the molecule is O=C(O)CCNC(=O)c1ccc(CN(C(=O)Nc2cccc3c2C(=O)N(CC(F)(F)F)C3=O)c2ccc(C3CCCCC3)cc2)cc1. The number of hydrogen-bond acceptors (Lipinski definition) is 5. The highest BCUT2D eigenvalue weighted by atomic mass is 19.4. The second-order valence-corrected chi connectivity index (χ2v) is 11.6. The number of rotatable bonds is 10. The van der Waals surface area contributed by atoms with E-state index in [0.29, 0.717) is 22.7 Å². The van der Waals surface area contributed by atoms with Gasteiger partial charge in [-0.25, -0.2) is 4.79 Å². The molecular weight excluding hydrogens is 617 g/mol. The number of carbonyl (C=O) groups is 5. The van der Waals surface area contributed by atoms with Crippen molar-refractivity contribution in [2.45, 2.75) is 57.2 Å². The molecule has 0 bridgehead atoms. The lowest BCUT2D eigenvalue weighted by molar-refractivity contribution is -0.137. The number of hydrogen-bond donors (Lipinski definition) is 3. The normalized spacial score (nSPS) is 14.9. The van der Waals surface area contributed by atoms with Crippen LogP contribution in [0.4, 0.5) is 29.3 Å². The minimum atomic E-state index is -4.80. The lowest BCUT2D eigenvalue weighted by Crippen LogP contribution is -2.38. The number of urea groups is 1. The first kappa shape index (κ1) is 33.2. The van der Waals surface area contributed by atoms with Crippen LogP contribution in [-0.4, -0.2) is 59.0 Å². The van der Waals surface area contributed by atoms with Crippen molar-refractivity contribution < 1.29 is 42.3 Å². The van der Waals surface area contributed by atoms with E-state index in [1.54, 1.807) is 12.1 Å². The molecule has 0 aromatic heterocycles. The number of fused-ring (bicyclic) bond motifs is 1. The van der Waals surface area contributed by atoms with Gasteiger partial charge in [0.1, 0.15) is 6.54 Å². The molecule has 3 N–H and O–H groups in total. The summed E-state index contributed by atoms with van der Waals surface area (Å²) in [5, 5.41) is 13.9. The molecule has 246 valence electrons. The average molecular weight is 651 g/mol. The number of amides is 5. The van der Waals surface area contributed by atoms with Crippen LogP contribution < -0.4 is 15.5 Å². The predicted molar refractivity (Wildman–Crippen MR) is 166 cm³/mol. The molecule has 0 atom stereocenters. The first-order chi connectivity index (χ1) is 22.4. The van der Waals surface area contributed by atoms with Gasteiger partial charge >= 0.3 is 18.2 Å². The number of aliphatic carboxylic acids is 1. The maximum absolute atomic E-state index is 13.9. The fourth-order valence-corrected chi connectivity index (χ4v) is 5.92. The smallest absolute Gasteiger partial charge is 0.406 e. The Balaban J connectivity index is 1.40. The number of anilines is 2. The number of benzene rings is 3. The first-order valence-corrected chi connectivity index (χ1v) is 15.2. The molecule has 1 saturated carbocycles. The molecule has 0 spiro atoms. The summed E-state index contributed by atoms with van der Waals surface area (Å²) in [6, 6.07) is 17.2. The Morgan fingerprint density at radius 3 is 2.21 bits per heavy atom. The van der Waals surface area contributed by atoms with Gasteiger partial charge in [0.15, 0.2) is 0 Å². The quantitative estimate of drug-likeness (QED) is 0.219. The highest BCUT2D eigenvalue weighted by Crippen LogP contribution is 2.35. The molecule has 5 rings (SSSR count). The van der Waals surface area contributed by atoms with E-state index < -0.39 is 42.4 Å². The number of nitrogens with one attached hydrogen (secondary N) is 2. The van der Waals surface area contributed by atoms with Gasteiger partial charge in [-0.2, -0.15) is 13.2 Å². The van der Waals surface area contributed by atoms with Gasteiger partial charge in [-0.05, 0) is 66.3 Å². The van der Waals surface area contributed by atoms with Crippen molar-refractivity contribution in [1.29, 1.82) is 0 Å². The topological polar surface area (TPSA) is 136 Å². The summed E-state index contributed by atoms with van der Waals surface area (Å²) >= 11 is 0. The van der Waals surface area contributed by atoms with Gasteiger partial charge in [0.05, 0.1) is 29.8 Å². The summed E-state index contributed by atoms with van der Waals surface area (Å²) in [5.41, 5.74) is 1.91. The van der Waals surface area contributed by atoms with Crippen LogP contribution >= 0.6 is 0 Å². The molecule has 47 heavy (non-hydrogen) atoms. The molecule has 10 nitrogen and oxygen atoms in total. The van der Waals surface area contributed by atoms with E-state index in [2.05, 4.69) is 10.6 Å². The highest BCUT2D eigenvalue weighted by molar-refractivity contribution is 6.24. The zero-order valence-electron chi connectivity index (χ0n) is 25.3. The summed E-state index contributed by atoms with van der Waals surface area (Å²) in [6.07, 6.45) is 0.643. The Bertz CT molecular complexity index is 1670. The zero-order chi connectivity index (χ0) is 33.7. The average Bonchev–Trinajstić information content (AvgIpc) is 3.28. The first-order valence-electron chi connectivity index (χ1n) is 15.2. The van der Waals surface area contributed by atoms with Gasteiger partial charge in [0.25, 0.3) is 17.7 Å². The summed E-state index contributed by atoms with van der Waals surface area (Å²) in [5.74, 6) is -3.33. The van der Waals surface area contributed by atoms with Crippen molar-refractivity contribution in [3.8, 4) is 0 Å². The number of carboxylic acid groups (broad SMARTS) is 1. The highest BCUT2D eigenvalue weighted by Gasteiger charge is 2.44. The van der Waals surface area contributed by atoms with Gasteiger partial charge < -0.3 is 15.7 Å². The second-order valence-electron chi connectivity index (χ2n) is 11.6. The molecule has 1 aliphatic carbocycles. The van der Waals surface area contributed by atoms with Gasteiger partial charge in [-0.3, -0.25) is 29.0 Å².